The van der Waals surface area contributed by atoms with Crippen LogP contribution in [-0.4, -0.2) is 21.9 Å². The molecule has 0 N–H and O–H groups in total. The smallest absolute Gasteiger partial charge is 0.263 e. The van der Waals surface area contributed by atoms with Crippen LogP contribution in [0.1, 0.15) is 58.3 Å². The molecule has 0 unspecified atom stereocenters. The molecule has 0 spiro atoms. The Hall–Kier alpha value is -0.970. The van der Waals surface area contributed by atoms with Gasteiger partial charge in [0.25, 0.3) is 11.8 Å². The molecule has 0 bridgehead atoms. The highest BCUT2D eigenvalue weighted by Crippen LogP contribution is 2.14. The number of nitrogens with zero attached hydrogens (tertiary/aromatic N) is 1. The van der Waals surface area contributed by atoms with E-state index in [-0.39, 0.29) is 24.7 Å². The zero-order valence-corrected chi connectivity index (χ0v) is 11.1. The van der Waals surface area contributed by atoms with Gasteiger partial charge in [0.2, 0.25) is 0 Å². The lowest BCUT2D eigenvalue weighted by Crippen LogP contribution is -2.31. The number of unbranched alkanes of at least 4 members (excludes halogenated alkanes) is 4. The molecule has 0 aliphatic carbocycles. The van der Waals surface area contributed by atoms with E-state index in [1.54, 1.807) is 0 Å². The lowest BCUT2D eigenvalue weighted by molar-refractivity contribution is -0.167. The summed E-state index contributed by atoms with van der Waals surface area (Å²) in [7, 11) is 0. The van der Waals surface area contributed by atoms with Crippen molar-refractivity contribution in [3.05, 3.63) is 0 Å². The van der Waals surface area contributed by atoms with Crippen molar-refractivity contribution in [1.29, 1.82) is 0 Å². The first-order valence-corrected chi connectivity index (χ1v) is 6.62. The predicted octanol–water partition coefficient (Wildman–Crippen LogP) is 2.75. The number of hydroxylamine groups is 2. The molecule has 0 aromatic carbocycles. The molecular formula is C12H19NO3S. The van der Waals surface area contributed by atoms with Crippen molar-refractivity contribution < 1.29 is 14.4 Å². The van der Waals surface area contributed by atoms with E-state index >= 15 is 0 Å². The molecule has 2 amide bonds. The molecule has 4 nitrogen and oxygen atoms in total. The average Bonchev–Trinajstić information content (AvgIpc) is 2.60. The summed E-state index contributed by atoms with van der Waals surface area (Å²) in [6.07, 6.45) is 6.80. The number of hydrogen-bond donors (Lipinski definition) is 0. The van der Waals surface area contributed by atoms with Crippen molar-refractivity contribution in [2.75, 3.05) is 0 Å². The Morgan fingerprint density at radius 2 is 1.76 bits per heavy atom. The van der Waals surface area contributed by atoms with Gasteiger partial charge in [-0.3, -0.25) is 9.59 Å². The van der Waals surface area contributed by atoms with Crippen molar-refractivity contribution in [2.45, 2.75) is 58.3 Å². The van der Waals surface area contributed by atoms with Gasteiger partial charge in [-0.25, -0.2) is 0 Å². The lowest BCUT2D eigenvalue weighted by atomic mass is 10.1. The summed E-state index contributed by atoms with van der Waals surface area (Å²) < 4.78 is 0. The third kappa shape index (κ3) is 4.81. The van der Waals surface area contributed by atoms with Crippen LogP contribution in [0.15, 0.2) is 0 Å². The number of thiocarbonyl (C=S) groups is 1. The molecule has 17 heavy (non-hydrogen) atoms. The van der Waals surface area contributed by atoms with Crippen LogP contribution in [0.2, 0.25) is 0 Å². The Balaban J connectivity index is 2.16. The first-order chi connectivity index (χ1) is 8.15. The maximum absolute atomic E-state index is 11.3. The van der Waals surface area contributed by atoms with Gasteiger partial charge in [-0.05, 0) is 18.6 Å². The van der Waals surface area contributed by atoms with E-state index in [4.69, 9.17) is 17.1 Å². The minimum atomic E-state index is -0.289. The molecule has 5 heteroatoms. The number of amides is 2. The van der Waals surface area contributed by atoms with Gasteiger partial charge in [-0.15, -0.1) is 5.06 Å². The molecule has 1 rings (SSSR count). The highest BCUT2D eigenvalue weighted by Gasteiger charge is 2.31. The van der Waals surface area contributed by atoms with Crippen LogP contribution in [0.25, 0.3) is 0 Å². The van der Waals surface area contributed by atoms with Gasteiger partial charge in [0, 0.05) is 19.3 Å². The van der Waals surface area contributed by atoms with Gasteiger partial charge in [0.15, 0.2) is 5.05 Å². The standard InChI is InChI=1S/C12H19NO3S/c1-2-3-4-5-6-7-12(17)16-13-10(14)8-9-11(13)15/h2-9H2,1H3. The molecule has 0 radical (unpaired) electrons. The monoisotopic (exact) mass is 257 g/mol. The first-order valence-electron chi connectivity index (χ1n) is 6.21. The Morgan fingerprint density at radius 3 is 2.35 bits per heavy atom. The molecule has 1 aliphatic heterocycles. The number of rotatable bonds is 7. The van der Waals surface area contributed by atoms with E-state index in [9.17, 15) is 9.59 Å². The number of imide groups is 1. The Morgan fingerprint density at radius 1 is 1.18 bits per heavy atom. The molecule has 0 atom stereocenters. The van der Waals surface area contributed by atoms with Crippen LogP contribution >= 0.6 is 12.2 Å². The fourth-order valence-electron chi connectivity index (χ4n) is 1.68. The van der Waals surface area contributed by atoms with E-state index in [0.29, 0.717) is 11.5 Å². The highest BCUT2D eigenvalue weighted by molar-refractivity contribution is 7.80. The van der Waals surface area contributed by atoms with E-state index in [0.717, 1.165) is 17.9 Å². The first kappa shape index (κ1) is 14.1. The zero-order valence-electron chi connectivity index (χ0n) is 10.2. The van der Waals surface area contributed by atoms with E-state index in [1.807, 2.05) is 0 Å². The summed E-state index contributed by atoms with van der Waals surface area (Å²) in [5.74, 6) is -0.577. The summed E-state index contributed by atoms with van der Waals surface area (Å²) in [4.78, 5) is 27.6. The van der Waals surface area contributed by atoms with Crippen LogP contribution in [0.3, 0.4) is 0 Å². The van der Waals surface area contributed by atoms with Gasteiger partial charge < -0.3 is 4.84 Å². The van der Waals surface area contributed by atoms with Crippen LogP contribution < -0.4 is 0 Å². The highest BCUT2D eigenvalue weighted by atomic mass is 32.1. The van der Waals surface area contributed by atoms with Gasteiger partial charge in [-0.1, -0.05) is 32.6 Å². The summed E-state index contributed by atoms with van der Waals surface area (Å²) in [5, 5.41) is 1.15. The maximum atomic E-state index is 11.3. The molecule has 1 aliphatic rings. The quantitative estimate of drug-likeness (QED) is 0.400. The fourth-order valence-corrected chi connectivity index (χ4v) is 1.90. The van der Waals surface area contributed by atoms with Crippen molar-refractivity contribution in [2.24, 2.45) is 0 Å². The molecule has 1 heterocycles. The molecule has 0 saturated carbocycles. The van der Waals surface area contributed by atoms with Gasteiger partial charge >= 0.3 is 0 Å². The summed E-state index contributed by atoms with van der Waals surface area (Å²) >= 11 is 5.01. The average molecular weight is 257 g/mol. The lowest BCUT2D eigenvalue weighted by Gasteiger charge is -2.14. The Labute approximate surface area is 107 Å². The Kier molecular flexibility index (Phi) is 6.11. The largest absolute Gasteiger partial charge is 0.362 e. The topological polar surface area (TPSA) is 46.6 Å². The molecule has 0 aromatic heterocycles. The predicted molar refractivity (Wildman–Crippen MR) is 68.1 cm³/mol. The van der Waals surface area contributed by atoms with Gasteiger partial charge in [0.1, 0.15) is 0 Å². The van der Waals surface area contributed by atoms with Crippen LogP contribution in [0.4, 0.5) is 0 Å². The van der Waals surface area contributed by atoms with E-state index in [1.165, 1.54) is 19.3 Å². The van der Waals surface area contributed by atoms with Crippen LogP contribution in [-0.2, 0) is 14.4 Å². The minimum Gasteiger partial charge on any atom is -0.362 e. The third-order valence-corrected chi connectivity index (χ3v) is 2.96. The molecule has 0 aromatic rings. The minimum absolute atomic E-state index is 0.234. The molecule has 96 valence electrons. The second-order valence-corrected chi connectivity index (χ2v) is 4.66. The normalized spacial score (nSPS) is 15.5. The third-order valence-electron chi connectivity index (χ3n) is 2.68. The maximum Gasteiger partial charge on any atom is 0.263 e. The SMILES string of the molecule is CCCCCCCC(=S)ON1C(=O)CCC1=O. The number of hydrogen-bond acceptors (Lipinski definition) is 4. The number of carbonyl (C=O) groups excluding carboxylic acids is 2. The van der Waals surface area contributed by atoms with E-state index in [2.05, 4.69) is 6.92 Å². The summed E-state index contributed by atoms with van der Waals surface area (Å²) in [6.45, 7) is 2.17. The van der Waals surface area contributed by atoms with Crippen molar-refractivity contribution in [3.8, 4) is 0 Å². The zero-order chi connectivity index (χ0) is 12.7. The second-order valence-electron chi connectivity index (χ2n) is 4.21. The molecular weight excluding hydrogens is 238 g/mol. The van der Waals surface area contributed by atoms with Crippen molar-refractivity contribution in [1.82, 2.24) is 5.06 Å². The van der Waals surface area contributed by atoms with E-state index < -0.39 is 0 Å². The van der Waals surface area contributed by atoms with Gasteiger partial charge in [-0.2, -0.15) is 0 Å². The molecule has 1 fully saturated rings. The fraction of sp³-hybridized carbons (Fsp3) is 0.750. The number of carbonyl (C=O) groups is 2. The van der Waals surface area contributed by atoms with Crippen molar-refractivity contribution >= 4 is 29.1 Å². The van der Waals surface area contributed by atoms with Gasteiger partial charge in [0.05, 0.1) is 0 Å². The van der Waals surface area contributed by atoms with Crippen LogP contribution in [0, 0.1) is 0 Å². The summed E-state index contributed by atoms with van der Waals surface area (Å²) in [6, 6.07) is 0. The van der Waals surface area contributed by atoms with Crippen molar-refractivity contribution in [3.63, 3.8) is 0 Å². The molecule has 1 saturated heterocycles. The van der Waals surface area contributed by atoms with Crippen LogP contribution in [0.5, 0.6) is 0 Å². The second kappa shape index (κ2) is 7.37. The Bertz CT molecular complexity index is 288. The summed E-state index contributed by atoms with van der Waals surface area (Å²) in [5.41, 5.74) is 0.